The Morgan fingerprint density at radius 2 is 1.55 bits per heavy atom. The molecule has 5 aliphatic rings. The van der Waals surface area contributed by atoms with Crippen molar-refractivity contribution in [3.63, 3.8) is 0 Å². The van der Waals surface area contributed by atoms with E-state index in [0.29, 0.717) is 29.1 Å². The normalized spacial score (nSPS) is 48.8. The van der Waals surface area contributed by atoms with Gasteiger partial charge in [0.25, 0.3) is 0 Å². The first kappa shape index (κ1) is 31.2. The molecule has 0 heterocycles. The summed E-state index contributed by atoms with van der Waals surface area (Å²) in [5.41, 5.74) is 0.513. The van der Waals surface area contributed by atoms with Crippen LogP contribution in [0.1, 0.15) is 127 Å². The third-order valence-electron chi connectivity index (χ3n) is 15.7. The van der Waals surface area contributed by atoms with Crippen molar-refractivity contribution in [2.24, 2.45) is 62.6 Å². The smallest absolute Gasteiger partial charge is 0.192 e. The minimum atomic E-state index is -1.81. The van der Waals surface area contributed by atoms with E-state index in [2.05, 4.69) is 82.3 Å². The Labute approximate surface area is 248 Å². The third-order valence-corrected chi connectivity index (χ3v) is 20.2. The predicted octanol–water partition coefficient (Wildman–Crippen LogP) is 9.29. The zero-order valence-electron chi connectivity index (χ0n) is 28.4. The number of Topliss-reactive ketones (excluding diaryl/α,β-unsaturated/α-hetero) is 1. The van der Waals surface area contributed by atoms with Gasteiger partial charge in [-0.3, -0.25) is 4.79 Å². The lowest BCUT2D eigenvalue weighted by Crippen LogP contribution is -2.68. The summed E-state index contributed by atoms with van der Waals surface area (Å²) in [6.45, 7) is 30.1. The van der Waals surface area contributed by atoms with Gasteiger partial charge in [0.1, 0.15) is 6.10 Å². The highest BCUT2D eigenvalue weighted by Crippen LogP contribution is 2.77. The molecular weight excluding hydrogens is 508 g/mol. The van der Waals surface area contributed by atoms with Gasteiger partial charge in [-0.2, -0.15) is 0 Å². The van der Waals surface area contributed by atoms with Gasteiger partial charge in [-0.25, -0.2) is 0 Å². The Bertz CT molecular complexity index is 1010. The Morgan fingerprint density at radius 1 is 0.900 bits per heavy atom. The Balaban J connectivity index is 1.51. The minimum Gasteiger partial charge on any atom is -0.416 e. The number of carbonyl (C=O) groups is 1. The molecule has 0 amide bonds. The molecule has 0 saturated heterocycles. The minimum absolute atomic E-state index is 0.0327. The van der Waals surface area contributed by atoms with Crippen molar-refractivity contribution in [2.45, 2.75) is 151 Å². The van der Waals surface area contributed by atoms with Gasteiger partial charge < -0.3 is 9.53 Å². The third kappa shape index (κ3) is 4.10. The average Bonchev–Trinajstić information content (AvgIpc) is 3.21. The number of hydrogen-bond acceptors (Lipinski definition) is 3. The van der Waals surface area contributed by atoms with Crippen LogP contribution in [0.4, 0.5) is 0 Å². The lowest BCUT2D eigenvalue weighted by atomic mass is 9.32. The molecule has 1 N–H and O–H groups in total. The van der Waals surface area contributed by atoms with Crippen molar-refractivity contribution in [1.82, 2.24) is 0 Å². The highest BCUT2D eigenvalue weighted by atomic mass is 28.4. The lowest BCUT2D eigenvalue weighted by Gasteiger charge is -2.72. The molecule has 0 aliphatic heterocycles. The molecule has 1 unspecified atom stereocenters. The molecule has 230 valence electrons. The maximum atomic E-state index is 13.2. The predicted molar refractivity (Wildman–Crippen MR) is 169 cm³/mol. The molecule has 5 aliphatic carbocycles. The SMILES string of the molecule is CC(C)[C@@H]1CC[C@]2(CO[Si](C)(C)C(C)(C)C)CC[C@]3(C)[C@H](CC[C@@H]4[C@@]5(C)CC(O)C(=O)C(C)(C)[C@@H]5CC[C@]43C)[C@@H]12. The van der Waals surface area contributed by atoms with Crippen LogP contribution in [0.5, 0.6) is 0 Å². The second-order valence-corrected chi connectivity index (χ2v) is 23.7. The monoisotopic (exact) mass is 572 g/mol. The van der Waals surface area contributed by atoms with Crippen molar-refractivity contribution in [1.29, 1.82) is 0 Å². The van der Waals surface area contributed by atoms with Crippen LogP contribution in [0, 0.1) is 62.6 Å². The van der Waals surface area contributed by atoms with Gasteiger partial charge >= 0.3 is 0 Å². The summed E-state index contributed by atoms with van der Waals surface area (Å²) in [6, 6.07) is 0. The molecule has 0 radical (unpaired) electrons. The fourth-order valence-corrected chi connectivity index (χ4v) is 13.4. The number of hydrogen-bond donors (Lipinski definition) is 1. The standard InChI is InChI=1S/C36H64O3Si/c1-23(2)24-15-18-36(22-39-40(11,12)31(3,4)5)20-19-34(9)25(29(24)36)13-14-28-33(8)21-26(37)30(38)32(6,7)27(33)16-17-35(28,34)10/h23-29,37H,13-22H2,1-12H3/t24-,25+,26?,27-,28+,29+,33-,34+,35+,36+/m0/s1. The van der Waals surface area contributed by atoms with Crippen LogP contribution in [0.2, 0.25) is 18.1 Å². The molecule has 5 rings (SSSR count). The van der Waals surface area contributed by atoms with Crippen molar-refractivity contribution < 1.29 is 14.3 Å². The van der Waals surface area contributed by atoms with E-state index >= 15 is 0 Å². The molecule has 0 aromatic rings. The molecule has 40 heavy (non-hydrogen) atoms. The van der Waals surface area contributed by atoms with Gasteiger partial charge in [0.15, 0.2) is 14.1 Å². The number of aliphatic hydroxyl groups is 1. The molecule has 5 fully saturated rings. The quantitative estimate of drug-likeness (QED) is 0.341. The molecule has 3 nitrogen and oxygen atoms in total. The van der Waals surface area contributed by atoms with Crippen LogP contribution in [0.15, 0.2) is 0 Å². The van der Waals surface area contributed by atoms with Crippen LogP contribution in [-0.2, 0) is 9.22 Å². The van der Waals surface area contributed by atoms with Gasteiger partial charge in [-0.1, -0.05) is 69.2 Å². The molecule has 0 spiro atoms. The average molecular weight is 573 g/mol. The van der Waals surface area contributed by atoms with Gasteiger partial charge in [0, 0.05) is 12.0 Å². The van der Waals surface area contributed by atoms with Gasteiger partial charge in [-0.15, -0.1) is 0 Å². The molecule has 0 aromatic heterocycles. The number of rotatable bonds is 4. The fourth-order valence-electron chi connectivity index (χ4n) is 12.3. The molecule has 0 bridgehead atoms. The van der Waals surface area contributed by atoms with Gasteiger partial charge in [0.2, 0.25) is 0 Å². The zero-order chi connectivity index (χ0) is 29.9. The Hall–Kier alpha value is -0.193. The second kappa shape index (κ2) is 9.40. The van der Waals surface area contributed by atoms with Crippen LogP contribution in [-0.4, -0.2) is 31.9 Å². The summed E-state index contributed by atoms with van der Waals surface area (Å²) >= 11 is 0. The summed E-state index contributed by atoms with van der Waals surface area (Å²) in [5, 5.41) is 11.3. The van der Waals surface area contributed by atoms with Crippen LogP contribution in [0.25, 0.3) is 0 Å². The number of carbonyl (C=O) groups excluding carboxylic acids is 1. The van der Waals surface area contributed by atoms with E-state index in [-0.39, 0.29) is 21.7 Å². The van der Waals surface area contributed by atoms with E-state index in [1.807, 2.05) is 0 Å². The number of ketones is 1. The van der Waals surface area contributed by atoms with Crippen molar-refractivity contribution in [3.05, 3.63) is 0 Å². The molecular formula is C36H64O3Si. The van der Waals surface area contributed by atoms with Crippen LogP contribution >= 0.6 is 0 Å². The van der Waals surface area contributed by atoms with Crippen molar-refractivity contribution in [2.75, 3.05) is 6.61 Å². The first-order valence-electron chi connectivity index (χ1n) is 17.0. The summed E-state index contributed by atoms with van der Waals surface area (Å²) in [6.07, 6.45) is 10.2. The zero-order valence-corrected chi connectivity index (χ0v) is 29.4. The first-order valence-corrected chi connectivity index (χ1v) is 20.0. The summed E-state index contributed by atoms with van der Waals surface area (Å²) in [4.78, 5) is 13.2. The van der Waals surface area contributed by atoms with Crippen molar-refractivity contribution >= 4 is 14.1 Å². The highest BCUT2D eigenvalue weighted by Gasteiger charge is 2.71. The largest absolute Gasteiger partial charge is 0.416 e. The molecule has 0 aromatic carbocycles. The van der Waals surface area contributed by atoms with E-state index < -0.39 is 19.8 Å². The number of aliphatic hydroxyl groups excluding tert-OH is 1. The van der Waals surface area contributed by atoms with E-state index in [1.54, 1.807) is 0 Å². The summed E-state index contributed by atoms with van der Waals surface area (Å²) in [7, 11) is -1.81. The highest BCUT2D eigenvalue weighted by molar-refractivity contribution is 6.74. The van der Waals surface area contributed by atoms with E-state index in [1.165, 1.54) is 44.9 Å². The van der Waals surface area contributed by atoms with E-state index in [4.69, 9.17) is 4.43 Å². The molecule has 4 heteroatoms. The van der Waals surface area contributed by atoms with Crippen LogP contribution in [0.3, 0.4) is 0 Å². The Morgan fingerprint density at radius 3 is 2.15 bits per heavy atom. The van der Waals surface area contributed by atoms with E-state index in [0.717, 1.165) is 36.7 Å². The second-order valence-electron chi connectivity index (χ2n) is 18.9. The first-order chi connectivity index (χ1) is 18.2. The van der Waals surface area contributed by atoms with Gasteiger partial charge in [-0.05, 0) is 133 Å². The summed E-state index contributed by atoms with van der Waals surface area (Å²) < 4.78 is 7.12. The Kier molecular flexibility index (Phi) is 7.34. The maximum Gasteiger partial charge on any atom is 0.192 e. The van der Waals surface area contributed by atoms with Gasteiger partial charge in [0.05, 0.1) is 0 Å². The lowest BCUT2D eigenvalue weighted by molar-refractivity contribution is -0.244. The fraction of sp³-hybridized carbons (Fsp3) is 0.972. The number of fused-ring (bicyclic) bond motifs is 7. The van der Waals surface area contributed by atoms with E-state index in [9.17, 15) is 9.90 Å². The topological polar surface area (TPSA) is 46.5 Å². The van der Waals surface area contributed by atoms with Crippen LogP contribution < -0.4 is 0 Å². The summed E-state index contributed by atoms with van der Waals surface area (Å²) in [5.74, 6) is 4.09. The molecule has 10 atom stereocenters. The van der Waals surface area contributed by atoms with Crippen molar-refractivity contribution in [3.8, 4) is 0 Å². The molecule has 5 saturated carbocycles. The maximum absolute atomic E-state index is 13.2.